The molecule has 2 rings (SSSR count). The summed E-state index contributed by atoms with van der Waals surface area (Å²) < 4.78 is 0. The van der Waals surface area contributed by atoms with Gasteiger partial charge in [0.2, 0.25) is 0 Å². The number of hydrogen-bond donors (Lipinski definition) is 2. The van der Waals surface area contributed by atoms with Gasteiger partial charge in [0.05, 0.1) is 0 Å². The Hall–Kier alpha value is -1.70. The van der Waals surface area contributed by atoms with Crippen molar-refractivity contribution in [2.45, 2.75) is 6.92 Å². The molecule has 66 valence electrons. The molecule has 0 heterocycles. The van der Waals surface area contributed by atoms with E-state index in [-0.39, 0.29) is 0 Å². The van der Waals surface area contributed by atoms with E-state index < -0.39 is 0 Å². The molecule has 0 unspecified atom stereocenters. The highest BCUT2D eigenvalue weighted by Crippen LogP contribution is 2.25. The van der Waals surface area contributed by atoms with Crippen LogP contribution in [0.5, 0.6) is 0 Å². The third kappa shape index (κ3) is 1.20. The zero-order valence-corrected chi connectivity index (χ0v) is 7.54. The minimum absolute atomic E-state index is 0.782. The molecular weight excluding hydrogens is 160 g/mol. The van der Waals surface area contributed by atoms with Crippen LogP contribution in [0.3, 0.4) is 0 Å². The highest BCUT2D eigenvalue weighted by atomic mass is 14.6. The maximum Gasteiger partial charge on any atom is 0.0394 e. The van der Waals surface area contributed by atoms with Crippen molar-refractivity contribution in [3.8, 4) is 0 Å². The van der Waals surface area contributed by atoms with E-state index in [9.17, 15) is 0 Å². The molecule has 0 amide bonds. The fourth-order valence-electron chi connectivity index (χ4n) is 1.48. The highest BCUT2D eigenvalue weighted by molar-refractivity contribution is 5.95. The summed E-state index contributed by atoms with van der Waals surface area (Å²) in [5.41, 5.74) is 14.3. The van der Waals surface area contributed by atoms with Crippen LogP contribution in [0, 0.1) is 6.92 Å². The molecule has 0 aromatic heterocycles. The fraction of sp³-hybridized carbons (Fsp3) is 0.0909. The van der Waals surface area contributed by atoms with Crippen LogP contribution in [0.25, 0.3) is 10.8 Å². The molecule has 0 aliphatic carbocycles. The first-order valence-corrected chi connectivity index (χ1v) is 4.23. The van der Waals surface area contributed by atoms with Crippen LogP contribution < -0.4 is 11.5 Å². The molecule has 0 saturated heterocycles. The number of rotatable bonds is 0. The van der Waals surface area contributed by atoms with Crippen molar-refractivity contribution in [2.24, 2.45) is 0 Å². The second-order valence-corrected chi connectivity index (χ2v) is 3.28. The van der Waals surface area contributed by atoms with Gasteiger partial charge in [0.1, 0.15) is 0 Å². The van der Waals surface area contributed by atoms with E-state index in [1.54, 1.807) is 0 Å². The van der Waals surface area contributed by atoms with Crippen molar-refractivity contribution in [2.75, 3.05) is 11.5 Å². The number of anilines is 2. The average molecular weight is 172 g/mol. The van der Waals surface area contributed by atoms with Crippen molar-refractivity contribution in [3.05, 3.63) is 35.9 Å². The van der Waals surface area contributed by atoms with E-state index in [0.29, 0.717) is 0 Å². The molecular formula is C11H12N2. The molecule has 4 N–H and O–H groups in total. The number of aryl methyl sites for hydroxylation is 1. The summed E-state index contributed by atoms with van der Waals surface area (Å²) in [6.45, 7) is 2.00. The lowest BCUT2D eigenvalue weighted by Gasteiger charge is -2.05. The summed E-state index contributed by atoms with van der Waals surface area (Å²) in [6, 6.07) is 9.86. The molecule has 2 heteroatoms. The summed E-state index contributed by atoms with van der Waals surface area (Å²) in [5.74, 6) is 0. The van der Waals surface area contributed by atoms with E-state index in [2.05, 4.69) is 6.07 Å². The maximum absolute atomic E-state index is 5.82. The second-order valence-electron chi connectivity index (χ2n) is 3.28. The minimum Gasteiger partial charge on any atom is -0.398 e. The number of benzene rings is 2. The van der Waals surface area contributed by atoms with Crippen LogP contribution in [0.4, 0.5) is 11.4 Å². The average Bonchev–Trinajstić information content (AvgIpc) is 2.09. The molecule has 0 radical (unpaired) electrons. The van der Waals surface area contributed by atoms with Gasteiger partial charge in [-0.15, -0.1) is 0 Å². The Kier molecular flexibility index (Phi) is 1.62. The van der Waals surface area contributed by atoms with Gasteiger partial charge in [-0.05, 0) is 36.1 Å². The van der Waals surface area contributed by atoms with Crippen LogP contribution in [-0.2, 0) is 0 Å². The van der Waals surface area contributed by atoms with Gasteiger partial charge in [-0.25, -0.2) is 0 Å². The zero-order chi connectivity index (χ0) is 9.42. The van der Waals surface area contributed by atoms with Gasteiger partial charge in [-0.1, -0.05) is 12.1 Å². The molecule has 0 fully saturated rings. The van der Waals surface area contributed by atoms with E-state index >= 15 is 0 Å². The summed E-state index contributed by atoms with van der Waals surface area (Å²) in [6.07, 6.45) is 0. The fourth-order valence-corrected chi connectivity index (χ4v) is 1.48. The molecule has 0 atom stereocenters. The van der Waals surface area contributed by atoms with Gasteiger partial charge in [-0.2, -0.15) is 0 Å². The summed E-state index contributed by atoms with van der Waals surface area (Å²) in [4.78, 5) is 0. The standard InChI is InChI=1S/C11H12N2/c1-7-5-8-3-2-4-10(12)9(8)6-11(7)13/h2-6H,12-13H2,1H3. The molecule has 2 aromatic carbocycles. The van der Waals surface area contributed by atoms with Crippen LogP contribution in [-0.4, -0.2) is 0 Å². The zero-order valence-electron chi connectivity index (χ0n) is 7.54. The van der Waals surface area contributed by atoms with Gasteiger partial charge in [0.25, 0.3) is 0 Å². The van der Waals surface area contributed by atoms with Gasteiger partial charge in [-0.3, -0.25) is 0 Å². The Morgan fingerprint density at radius 3 is 2.54 bits per heavy atom. The van der Waals surface area contributed by atoms with Crippen molar-refractivity contribution >= 4 is 22.1 Å². The predicted molar refractivity (Wildman–Crippen MR) is 57.5 cm³/mol. The number of hydrogen-bond acceptors (Lipinski definition) is 2. The SMILES string of the molecule is Cc1cc2cccc(N)c2cc1N. The van der Waals surface area contributed by atoms with Crippen molar-refractivity contribution in [1.82, 2.24) is 0 Å². The Morgan fingerprint density at radius 1 is 1.00 bits per heavy atom. The number of nitrogens with two attached hydrogens (primary N) is 2. The minimum atomic E-state index is 0.782. The monoisotopic (exact) mass is 172 g/mol. The molecule has 0 bridgehead atoms. The highest BCUT2D eigenvalue weighted by Gasteiger charge is 2.00. The van der Waals surface area contributed by atoms with Crippen LogP contribution in [0.2, 0.25) is 0 Å². The smallest absolute Gasteiger partial charge is 0.0394 e. The molecule has 0 aliphatic rings. The number of nitrogen functional groups attached to an aromatic ring is 2. The molecule has 0 spiro atoms. The lowest BCUT2D eigenvalue weighted by molar-refractivity contribution is 1.50. The first-order valence-electron chi connectivity index (χ1n) is 4.23. The first-order chi connectivity index (χ1) is 6.18. The van der Waals surface area contributed by atoms with E-state index in [1.807, 2.05) is 31.2 Å². The third-order valence-corrected chi connectivity index (χ3v) is 2.30. The van der Waals surface area contributed by atoms with Gasteiger partial charge in [0, 0.05) is 16.8 Å². The lowest BCUT2D eigenvalue weighted by atomic mass is 10.0. The summed E-state index contributed by atoms with van der Waals surface area (Å²) in [7, 11) is 0. The Labute approximate surface area is 77.2 Å². The Bertz CT molecular complexity index is 461. The van der Waals surface area contributed by atoms with E-state index in [4.69, 9.17) is 11.5 Å². The van der Waals surface area contributed by atoms with E-state index in [0.717, 1.165) is 27.7 Å². The molecule has 2 nitrogen and oxygen atoms in total. The summed E-state index contributed by atoms with van der Waals surface area (Å²) in [5, 5.41) is 2.18. The van der Waals surface area contributed by atoms with Gasteiger partial charge in [0.15, 0.2) is 0 Å². The molecule has 0 saturated carbocycles. The van der Waals surface area contributed by atoms with Crippen molar-refractivity contribution < 1.29 is 0 Å². The summed E-state index contributed by atoms with van der Waals surface area (Å²) >= 11 is 0. The third-order valence-electron chi connectivity index (χ3n) is 2.30. The largest absolute Gasteiger partial charge is 0.398 e. The predicted octanol–water partition coefficient (Wildman–Crippen LogP) is 2.31. The Morgan fingerprint density at radius 2 is 1.77 bits per heavy atom. The number of fused-ring (bicyclic) bond motifs is 1. The van der Waals surface area contributed by atoms with Crippen LogP contribution in [0.15, 0.2) is 30.3 Å². The second kappa shape index (κ2) is 2.66. The first kappa shape index (κ1) is 7.92. The maximum atomic E-state index is 5.82. The van der Waals surface area contributed by atoms with Crippen molar-refractivity contribution in [1.29, 1.82) is 0 Å². The Balaban J connectivity index is 2.89. The topological polar surface area (TPSA) is 52.0 Å². The molecule has 13 heavy (non-hydrogen) atoms. The van der Waals surface area contributed by atoms with Crippen LogP contribution in [0.1, 0.15) is 5.56 Å². The van der Waals surface area contributed by atoms with Gasteiger partial charge < -0.3 is 11.5 Å². The lowest BCUT2D eigenvalue weighted by Crippen LogP contribution is -1.92. The normalized spacial score (nSPS) is 10.5. The van der Waals surface area contributed by atoms with E-state index in [1.165, 1.54) is 0 Å². The van der Waals surface area contributed by atoms with Crippen molar-refractivity contribution in [3.63, 3.8) is 0 Å². The molecule has 2 aromatic rings. The van der Waals surface area contributed by atoms with Crippen LogP contribution >= 0.6 is 0 Å². The van der Waals surface area contributed by atoms with Gasteiger partial charge >= 0.3 is 0 Å². The quantitative estimate of drug-likeness (QED) is 0.599. The molecule has 0 aliphatic heterocycles.